The Morgan fingerprint density at radius 2 is 1.77 bits per heavy atom. The predicted octanol–water partition coefficient (Wildman–Crippen LogP) is 4.90. The fourth-order valence-electron chi connectivity index (χ4n) is 3.03. The van der Waals surface area contributed by atoms with Gasteiger partial charge in [-0.15, -0.1) is 0 Å². The molecule has 0 saturated heterocycles. The van der Waals surface area contributed by atoms with E-state index >= 15 is 0 Å². The first-order valence-electron chi connectivity index (χ1n) is 9.48. The highest BCUT2D eigenvalue weighted by molar-refractivity contribution is 5.87. The van der Waals surface area contributed by atoms with Crippen LogP contribution in [0.2, 0.25) is 0 Å². The molecule has 0 aliphatic carbocycles. The highest BCUT2D eigenvalue weighted by Gasteiger charge is 2.25. The van der Waals surface area contributed by atoms with E-state index in [0.29, 0.717) is 45.5 Å². The van der Waals surface area contributed by atoms with Gasteiger partial charge in [0.05, 0.1) is 36.6 Å². The largest absolute Gasteiger partial charge is 0.493 e. The molecule has 0 unspecified atom stereocenters. The van der Waals surface area contributed by atoms with E-state index in [1.165, 1.54) is 6.33 Å². The summed E-state index contributed by atoms with van der Waals surface area (Å²) in [6.45, 7) is 3.58. The first-order valence-corrected chi connectivity index (χ1v) is 9.48. The molecule has 0 aliphatic heterocycles. The first-order chi connectivity index (χ1) is 14.9. The van der Waals surface area contributed by atoms with Crippen LogP contribution < -0.4 is 14.2 Å². The third-order valence-corrected chi connectivity index (χ3v) is 4.87. The van der Waals surface area contributed by atoms with E-state index in [9.17, 15) is 5.26 Å². The molecule has 4 rings (SSSR count). The van der Waals surface area contributed by atoms with Crippen molar-refractivity contribution in [1.82, 2.24) is 15.1 Å². The molecule has 156 valence electrons. The standard InChI is InChI=1S/C23H20N4O4/c1-23(2,12-24)21-11-18(31-27-21)14-6-5-7-15(8-14)30-22-16-9-19(28-3)20(29-4)10-17(16)25-13-26-22/h5-11,13H,1-4H3. The fourth-order valence-corrected chi connectivity index (χ4v) is 3.03. The van der Waals surface area contributed by atoms with Gasteiger partial charge >= 0.3 is 0 Å². The molecule has 8 nitrogen and oxygen atoms in total. The number of hydrogen-bond acceptors (Lipinski definition) is 8. The summed E-state index contributed by atoms with van der Waals surface area (Å²) in [4.78, 5) is 8.57. The molecular weight excluding hydrogens is 396 g/mol. The van der Waals surface area contributed by atoms with Gasteiger partial charge in [-0.1, -0.05) is 17.3 Å². The maximum Gasteiger partial charge on any atom is 0.230 e. The van der Waals surface area contributed by atoms with Gasteiger partial charge < -0.3 is 18.7 Å². The molecule has 2 heterocycles. The summed E-state index contributed by atoms with van der Waals surface area (Å²) in [7, 11) is 3.14. The van der Waals surface area contributed by atoms with Gasteiger partial charge in [-0.2, -0.15) is 5.26 Å². The molecule has 0 fully saturated rings. The summed E-state index contributed by atoms with van der Waals surface area (Å²) in [6, 6.07) is 14.9. The molecule has 2 aromatic carbocycles. The van der Waals surface area contributed by atoms with E-state index in [-0.39, 0.29) is 0 Å². The van der Waals surface area contributed by atoms with Crippen LogP contribution in [-0.4, -0.2) is 29.3 Å². The lowest BCUT2D eigenvalue weighted by Gasteiger charge is -2.11. The van der Waals surface area contributed by atoms with Crippen LogP contribution in [0.1, 0.15) is 19.5 Å². The molecule has 31 heavy (non-hydrogen) atoms. The Bertz CT molecular complexity index is 1290. The second-order valence-corrected chi connectivity index (χ2v) is 7.35. The van der Waals surface area contributed by atoms with Crippen LogP contribution in [0.15, 0.2) is 53.3 Å². The number of aromatic nitrogens is 3. The maximum absolute atomic E-state index is 9.31. The minimum atomic E-state index is -0.740. The quantitative estimate of drug-likeness (QED) is 0.437. The lowest BCUT2D eigenvalue weighted by Crippen LogP contribution is -2.13. The van der Waals surface area contributed by atoms with E-state index in [4.69, 9.17) is 18.7 Å². The number of benzene rings is 2. The van der Waals surface area contributed by atoms with Crippen molar-refractivity contribution in [3.8, 4) is 40.5 Å². The Kier molecular flexibility index (Phi) is 5.17. The average Bonchev–Trinajstić information content (AvgIpc) is 3.30. The Balaban J connectivity index is 1.69. The summed E-state index contributed by atoms with van der Waals surface area (Å²) < 4.78 is 22.2. The van der Waals surface area contributed by atoms with Gasteiger partial charge in [0.15, 0.2) is 17.3 Å². The van der Waals surface area contributed by atoms with E-state index in [0.717, 1.165) is 5.56 Å². The summed E-state index contributed by atoms with van der Waals surface area (Å²) in [5.74, 6) is 2.61. The van der Waals surface area contributed by atoms with Crippen molar-refractivity contribution in [3.63, 3.8) is 0 Å². The lowest BCUT2D eigenvalue weighted by molar-refractivity contribution is 0.355. The SMILES string of the molecule is COc1cc2ncnc(Oc3cccc(-c4cc(C(C)(C)C#N)no4)c3)c2cc1OC. The Hall–Kier alpha value is -4.12. The molecule has 0 radical (unpaired) electrons. The molecule has 0 atom stereocenters. The van der Waals surface area contributed by atoms with Crippen LogP contribution in [-0.2, 0) is 5.41 Å². The summed E-state index contributed by atoms with van der Waals surface area (Å²) in [6.07, 6.45) is 1.43. The zero-order valence-corrected chi connectivity index (χ0v) is 17.5. The Morgan fingerprint density at radius 3 is 2.52 bits per heavy atom. The topological polar surface area (TPSA) is 103 Å². The molecule has 0 saturated carbocycles. The third kappa shape index (κ3) is 3.85. The number of fused-ring (bicyclic) bond motifs is 1. The van der Waals surface area contributed by atoms with Crippen LogP contribution in [0.4, 0.5) is 0 Å². The molecule has 0 bridgehead atoms. The minimum Gasteiger partial charge on any atom is -0.493 e. The highest BCUT2D eigenvalue weighted by atomic mass is 16.5. The molecule has 8 heteroatoms. The summed E-state index contributed by atoms with van der Waals surface area (Å²) in [5, 5.41) is 14.0. The van der Waals surface area contributed by atoms with Gasteiger partial charge in [0.2, 0.25) is 5.88 Å². The van der Waals surface area contributed by atoms with Crippen molar-refractivity contribution in [2.45, 2.75) is 19.3 Å². The van der Waals surface area contributed by atoms with E-state index in [1.54, 1.807) is 46.3 Å². The van der Waals surface area contributed by atoms with Crippen molar-refractivity contribution in [1.29, 1.82) is 5.26 Å². The number of nitriles is 1. The van der Waals surface area contributed by atoms with Gasteiger partial charge in [0, 0.05) is 17.7 Å². The second kappa shape index (κ2) is 7.95. The summed E-state index contributed by atoms with van der Waals surface area (Å²) >= 11 is 0. The average molecular weight is 416 g/mol. The number of hydrogen-bond donors (Lipinski definition) is 0. The zero-order chi connectivity index (χ0) is 22.0. The molecule has 0 N–H and O–H groups in total. The maximum atomic E-state index is 9.31. The zero-order valence-electron chi connectivity index (χ0n) is 17.5. The number of nitrogens with zero attached hydrogens (tertiary/aromatic N) is 4. The van der Waals surface area contributed by atoms with Crippen molar-refractivity contribution in [2.24, 2.45) is 0 Å². The fraction of sp³-hybridized carbons (Fsp3) is 0.217. The van der Waals surface area contributed by atoms with Gasteiger partial charge in [0.1, 0.15) is 17.8 Å². The van der Waals surface area contributed by atoms with Crippen molar-refractivity contribution >= 4 is 10.9 Å². The monoisotopic (exact) mass is 416 g/mol. The van der Waals surface area contributed by atoms with Gasteiger partial charge in [-0.25, -0.2) is 9.97 Å². The Morgan fingerprint density at radius 1 is 1.00 bits per heavy atom. The van der Waals surface area contributed by atoms with Gasteiger partial charge in [-0.05, 0) is 32.0 Å². The van der Waals surface area contributed by atoms with Crippen LogP contribution in [0, 0.1) is 11.3 Å². The third-order valence-electron chi connectivity index (χ3n) is 4.87. The normalized spacial score (nSPS) is 11.2. The number of rotatable bonds is 6. The van der Waals surface area contributed by atoms with E-state index in [2.05, 4.69) is 21.2 Å². The molecule has 0 spiro atoms. The predicted molar refractivity (Wildman–Crippen MR) is 113 cm³/mol. The summed E-state index contributed by atoms with van der Waals surface area (Å²) in [5.41, 5.74) is 1.26. The van der Waals surface area contributed by atoms with E-state index in [1.807, 2.05) is 24.3 Å². The molecule has 0 amide bonds. The number of ether oxygens (including phenoxy) is 3. The molecular formula is C23H20N4O4. The van der Waals surface area contributed by atoms with Gasteiger partial charge in [0.25, 0.3) is 0 Å². The Labute approximate surface area is 179 Å². The number of methoxy groups -OCH3 is 2. The van der Waals surface area contributed by atoms with Crippen molar-refractivity contribution in [2.75, 3.05) is 14.2 Å². The molecule has 0 aliphatic rings. The second-order valence-electron chi connectivity index (χ2n) is 7.35. The lowest BCUT2D eigenvalue weighted by atomic mass is 9.91. The smallest absolute Gasteiger partial charge is 0.230 e. The highest BCUT2D eigenvalue weighted by Crippen LogP contribution is 2.36. The van der Waals surface area contributed by atoms with Crippen molar-refractivity contribution in [3.05, 3.63) is 54.5 Å². The van der Waals surface area contributed by atoms with Crippen LogP contribution in [0.25, 0.3) is 22.2 Å². The van der Waals surface area contributed by atoms with E-state index < -0.39 is 5.41 Å². The van der Waals surface area contributed by atoms with Crippen LogP contribution in [0.5, 0.6) is 23.1 Å². The van der Waals surface area contributed by atoms with Crippen LogP contribution >= 0.6 is 0 Å². The minimum absolute atomic E-state index is 0.381. The van der Waals surface area contributed by atoms with Gasteiger partial charge in [-0.3, -0.25) is 0 Å². The van der Waals surface area contributed by atoms with Crippen LogP contribution in [0.3, 0.4) is 0 Å². The first kappa shape index (κ1) is 20.2. The van der Waals surface area contributed by atoms with Crippen molar-refractivity contribution < 1.29 is 18.7 Å². The molecule has 4 aromatic rings. The molecule has 2 aromatic heterocycles.